The first-order valence-electron chi connectivity index (χ1n) is 6.44. The van der Waals surface area contributed by atoms with Crippen LogP contribution in [-0.4, -0.2) is 19.0 Å². The Labute approximate surface area is 110 Å². The molecule has 0 aliphatic carbocycles. The van der Waals surface area contributed by atoms with Crippen LogP contribution in [0.15, 0.2) is 24.3 Å². The normalized spacial score (nSPS) is 11.3. The fraction of sp³-hybridized carbons (Fsp3) is 0.533. The Balaban J connectivity index is 2.26. The molecule has 3 nitrogen and oxygen atoms in total. The first-order valence-corrected chi connectivity index (χ1v) is 6.44. The Morgan fingerprint density at radius 2 is 2.00 bits per heavy atom. The van der Waals surface area contributed by atoms with Gasteiger partial charge in [-0.05, 0) is 43.0 Å². The molecule has 0 radical (unpaired) electrons. The van der Waals surface area contributed by atoms with E-state index in [4.69, 9.17) is 0 Å². The van der Waals surface area contributed by atoms with Crippen LogP contribution >= 0.6 is 0 Å². The standard InChI is InChI=1S/C15H24N2O/c1-12-6-5-7-13(10-12)17-14(18)11-16-9-8-15(2,3)4/h5-7,10,16H,8-9,11H2,1-4H3,(H,17,18). The zero-order valence-corrected chi connectivity index (χ0v) is 11.8. The lowest BCUT2D eigenvalue weighted by Crippen LogP contribution is -2.30. The van der Waals surface area contributed by atoms with Crippen molar-refractivity contribution in [1.82, 2.24) is 5.32 Å². The fourth-order valence-electron chi connectivity index (χ4n) is 1.59. The van der Waals surface area contributed by atoms with Crippen LogP contribution in [0, 0.1) is 12.3 Å². The van der Waals surface area contributed by atoms with Gasteiger partial charge in [-0.3, -0.25) is 4.79 Å². The molecule has 1 rings (SSSR count). The maximum absolute atomic E-state index is 11.7. The highest BCUT2D eigenvalue weighted by Gasteiger charge is 2.09. The van der Waals surface area contributed by atoms with Crippen molar-refractivity contribution in [1.29, 1.82) is 0 Å². The van der Waals surface area contributed by atoms with E-state index in [1.165, 1.54) is 0 Å². The molecule has 3 heteroatoms. The summed E-state index contributed by atoms with van der Waals surface area (Å²) in [4.78, 5) is 11.7. The van der Waals surface area contributed by atoms with Crippen molar-refractivity contribution in [3.05, 3.63) is 29.8 Å². The van der Waals surface area contributed by atoms with Crippen LogP contribution < -0.4 is 10.6 Å². The van der Waals surface area contributed by atoms with Crippen LogP contribution in [0.4, 0.5) is 5.69 Å². The third-order valence-corrected chi connectivity index (χ3v) is 2.64. The fourth-order valence-corrected chi connectivity index (χ4v) is 1.59. The minimum Gasteiger partial charge on any atom is -0.325 e. The number of rotatable bonds is 5. The van der Waals surface area contributed by atoms with Crippen LogP contribution in [0.5, 0.6) is 0 Å². The third kappa shape index (κ3) is 6.40. The molecule has 1 amide bonds. The molecular weight excluding hydrogens is 224 g/mol. The van der Waals surface area contributed by atoms with Gasteiger partial charge in [0.1, 0.15) is 0 Å². The molecule has 0 aromatic heterocycles. The van der Waals surface area contributed by atoms with Crippen LogP contribution in [0.2, 0.25) is 0 Å². The Kier molecular flexibility index (Phi) is 5.35. The Morgan fingerprint density at radius 3 is 2.61 bits per heavy atom. The summed E-state index contributed by atoms with van der Waals surface area (Å²) in [6.07, 6.45) is 1.06. The second-order valence-corrected chi connectivity index (χ2v) is 5.91. The second-order valence-electron chi connectivity index (χ2n) is 5.91. The maximum atomic E-state index is 11.7. The van der Waals surface area contributed by atoms with E-state index in [1.807, 2.05) is 31.2 Å². The van der Waals surface area contributed by atoms with Crippen molar-refractivity contribution < 1.29 is 4.79 Å². The lowest BCUT2D eigenvalue weighted by Gasteiger charge is -2.17. The average molecular weight is 248 g/mol. The lowest BCUT2D eigenvalue weighted by atomic mass is 9.92. The van der Waals surface area contributed by atoms with Gasteiger partial charge in [-0.2, -0.15) is 0 Å². The summed E-state index contributed by atoms with van der Waals surface area (Å²) in [6, 6.07) is 7.82. The van der Waals surface area contributed by atoms with Crippen LogP contribution in [-0.2, 0) is 4.79 Å². The molecule has 0 spiro atoms. The SMILES string of the molecule is Cc1cccc(NC(=O)CNCCC(C)(C)C)c1. The van der Waals surface area contributed by atoms with E-state index in [-0.39, 0.29) is 5.91 Å². The molecule has 0 atom stereocenters. The van der Waals surface area contributed by atoms with E-state index in [0.29, 0.717) is 12.0 Å². The van der Waals surface area contributed by atoms with E-state index in [1.54, 1.807) is 0 Å². The van der Waals surface area contributed by atoms with E-state index in [0.717, 1.165) is 24.2 Å². The summed E-state index contributed by atoms with van der Waals surface area (Å²) in [6.45, 7) is 9.83. The molecule has 1 aromatic carbocycles. The van der Waals surface area contributed by atoms with Gasteiger partial charge in [0.05, 0.1) is 6.54 Å². The number of carbonyl (C=O) groups excluding carboxylic acids is 1. The largest absolute Gasteiger partial charge is 0.325 e. The van der Waals surface area contributed by atoms with Crippen LogP contribution in [0.25, 0.3) is 0 Å². The first kappa shape index (κ1) is 14.7. The number of amides is 1. The van der Waals surface area contributed by atoms with Crippen molar-refractivity contribution in [2.45, 2.75) is 34.1 Å². The van der Waals surface area contributed by atoms with Gasteiger partial charge in [-0.25, -0.2) is 0 Å². The molecule has 2 N–H and O–H groups in total. The van der Waals surface area contributed by atoms with E-state index in [9.17, 15) is 4.79 Å². The number of carbonyl (C=O) groups is 1. The minimum atomic E-state index is 0.00880. The summed E-state index contributed by atoms with van der Waals surface area (Å²) in [5.74, 6) is 0.00880. The monoisotopic (exact) mass is 248 g/mol. The van der Waals surface area contributed by atoms with Crippen molar-refractivity contribution in [3.8, 4) is 0 Å². The lowest BCUT2D eigenvalue weighted by molar-refractivity contribution is -0.115. The molecule has 0 bridgehead atoms. The molecular formula is C15H24N2O. The first-order chi connectivity index (χ1) is 8.37. The van der Waals surface area contributed by atoms with E-state index < -0.39 is 0 Å². The second kappa shape index (κ2) is 6.55. The zero-order chi connectivity index (χ0) is 13.6. The van der Waals surface area contributed by atoms with E-state index in [2.05, 4.69) is 31.4 Å². The van der Waals surface area contributed by atoms with Gasteiger partial charge in [0, 0.05) is 5.69 Å². The number of hydrogen-bond acceptors (Lipinski definition) is 2. The molecule has 100 valence electrons. The van der Waals surface area contributed by atoms with Gasteiger partial charge in [0.25, 0.3) is 0 Å². The molecule has 0 aliphatic rings. The highest BCUT2D eigenvalue weighted by Crippen LogP contribution is 2.16. The molecule has 0 saturated heterocycles. The smallest absolute Gasteiger partial charge is 0.238 e. The topological polar surface area (TPSA) is 41.1 Å². The van der Waals surface area contributed by atoms with Gasteiger partial charge >= 0.3 is 0 Å². The van der Waals surface area contributed by atoms with Crippen molar-refractivity contribution in [3.63, 3.8) is 0 Å². The van der Waals surface area contributed by atoms with Crippen LogP contribution in [0.1, 0.15) is 32.8 Å². The molecule has 0 unspecified atom stereocenters. The highest BCUT2D eigenvalue weighted by atomic mass is 16.1. The van der Waals surface area contributed by atoms with Gasteiger partial charge in [-0.1, -0.05) is 32.9 Å². The van der Waals surface area contributed by atoms with Gasteiger partial charge in [0.15, 0.2) is 0 Å². The summed E-state index contributed by atoms with van der Waals surface area (Å²) in [7, 11) is 0. The van der Waals surface area contributed by atoms with Crippen molar-refractivity contribution >= 4 is 11.6 Å². The summed E-state index contributed by atoms with van der Waals surface area (Å²) in [5, 5.41) is 6.04. The van der Waals surface area contributed by atoms with E-state index >= 15 is 0 Å². The Bertz CT molecular complexity index is 394. The number of hydrogen-bond donors (Lipinski definition) is 2. The summed E-state index contributed by atoms with van der Waals surface area (Å²) >= 11 is 0. The van der Waals surface area contributed by atoms with Crippen LogP contribution in [0.3, 0.4) is 0 Å². The average Bonchev–Trinajstić information content (AvgIpc) is 2.23. The van der Waals surface area contributed by atoms with Crippen molar-refractivity contribution in [2.24, 2.45) is 5.41 Å². The number of aryl methyl sites for hydroxylation is 1. The number of benzene rings is 1. The van der Waals surface area contributed by atoms with Gasteiger partial charge in [0.2, 0.25) is 5.91 Å². The Hall–Kier alpha value is -1.35. The molecule has 0 aliphatic heterocycles. The quantitative estimate of drug-likeness (QED) is 0.787. The minimum absolute atomic E-state index is 0.00880. The number of nitrogens with one attached hydrogen (secondary N) is 2. The molecule has 0 fully saturated rings. The molecule has 18 heavy (non-hydrogen) atoms. The molecule has 1 aromatic rings. The Morgan fingerprint density at radius 1 is 1.28 bits per heavy atom. The predicted molar refractivity (Wildman–Crippen MR) is 76.8 cm³/mol. The van der Waals surface area contributed by atoms with Gasteiger partial charge in [-0.15, -0.1) is 0 Å². The van der Waals surface area contributed by atoms with Gasteiger partial charge < -0.3 is 10.6 Å². The maximum Gasteiger partial charge on any atom is 0.238 e. The highest BCUT2D eigenvalue weighted by molar-refractivity contribution is 5.92. The predicted octanol–water partition coefficient (Wildman–Crippen LogP) is 2.96. The summed E-state index contributed by atoms with van der Waals surface area (Å²) in [5.41, 5.74) is 2.31. The third-order valence-electron chi connectivity index (χ3n) is 2.64. The zero-order valence-electron chi connectivity index (χ0n) is 11.8. The summed E-state index contributed by atoms with van der Waals surface area (Å²) < 4.78 is 0. The molecule has 0 saturated carbocycles. The number of anilines is 1. The van der Waals surface area contributed by atoms with Crippen molar-refractivity contribution in [2.75, 3.05) is 18.4 Å². The molecule has 0 heterocycles.